The summed E-state index contributed by atoms with van der Waals surface area (Å²) in [7, 11) is 0. The molecule has 0 aliphatic heterocycles. The Balaban J connectivity index is 1.59. The van der Waals surface area contributed by atoms with Crippen molar-refractivity contribution >= 4 is 28.9 Å². The molecule has 0 bridgehead atoms. The van der Waals surface area contributed by atoms with Gasteiger partial charge in [0.2, 0.25) is 0 Å². The first-order valence-corrected chi connectivity index (χ1v) is 10.1. The van der Waals surface area contributed by atoms with Crippen LogP contribution in [0.25, 0.3) is 5.78 Å². The van der Waals surface area contributed by atoms with Crippen molar-refractivity contribution in [2.75, 3.05) is 5.32 Å². The molecule has 2 aromatic carbocycles. The third-order valence-electron chi connectivity index (χ3n) is 5.17. The molecule has 5 rings (SSSR count). The highest BCUT2D eigenvalue weighted by molar-refractivity contribution is 6.30. The molecule has 1 aliphatic carbocycles. The van der Waals surface area contributed by atoms with E-state index in [0.717, 1.165) is 48.3 Å². The lowest BCUT2D eigenvalue weighted by molar-refractivity contribution is 0.628. The van der Waals surface area contributed by atoms with Crippen molar-refractivity contribution in [2.24, 2.45) is 0 Å². The maximum absolute atomic E-state index is 13.7. The summed E-state index contributed by atoms with van der Waals surface area (Å²) in [6, 6.07) is 14.1. The number of hydrogen-bond donors (Lipinski definition) is 1. The minimum Gasteiger partial charge on any atom is -0.340 e. The van der Waals surface area contributed by atoms with E-state index >= 15 is 0 Å². The largest absolute Gasteiger partial charge is 0.340 e. The molecule has 5 nitrogen and oxygen atoms in total. The quantitative estimate of drug-likeness (QED) is 0.509. The van der Waals surface area contributed by atoms with E-state index in [1.807, 2.05) is 30.3 Å². The van der Waals surface area contributed by atoms with Gasteiger partial charge < -0.3 is 5.32 Å². The van der Waals surface area contributed by atoms with Gasteiger partial charge in [-0.2, -0.15) is 9.50 Å². The number of hydrogen-bond acceptors (Lipinski definition) is 4. The molecule has 0 saturated carbocycles. The van der Waals surface area contributed by atoms with E-state index in [4.69, 9.17) is 21.7 Å². The van der Waals surface area contributed by atoms with Gasteiger partial charge >= 0.3 is 0 Å². The minimum atomic E-state index is -0.281. The Bertz CT molecular complexity index is 1190. The topological polar surface area (TPSA) is 55.1 Å². The number of aryl methyl sites for hydroxylation is 1. The van der Waals surface area contributed by atoms with Crippen LogP contribution in [0.5, 0.6) is 0 Å². The van der Waals surface area contributed by atoms with Crippen LogP contribution in [0.15, 0.2) is 48.5 Å². The summed E-state index contributed by atoms with van der Waals surface area (Å²) in [4.78, 5) is 9.42. The van der Waals surface area contributed by atoms with Crippen LogP contribution in [0.1, 0.15) is 35.5 Å². The fourth-order valence-corrected chi connectivity index (χ4v) is 3.90. The fraction of sp³-hybridized carbons (Fsp3) is 0.227. The van der Waals surface area contributed by atoms with Crippen molar-refractivity contribution in [3.05, 3.63) is 82.0 Å². The Morgan fingerprint density at radius 2 is 1.86 bits per heavy atom. The van der Waals surface area contributed by atoms with E-state index in [-0.39, 0.29) is 5.82 Å². The third kappa shape index (κ3) is 3.68. The van der Waals surface area contributed by atoms with E-state index in [0.29, 0.717) is 28.7 Å². The van der Waals surface area contributed by atoms with Crippen LogP contribution in [0, 0.1) is 5.82 Å². The van der Waals surface area contributed by atoms with Gasteiger partial charge in [0.1, 0.15) is 11.6 Å². The van der Waals surface area contributed by atoms with E-state index in [1.165, 1.54) is 12.1 Å². The van der Waals surface area contributed by atoms with Crippen LogP contribution < -0.4 is 5.32 Å². The highest BCUT2D eigenvalue weighted by atomic mass is 35.5. The lowest BCUT2D eigenvalue weighted by Gasteiger charge is -2.19. The summed E-state index contributed by atoms with van der Waals surface area (Å²) in [6.07, 6.45) is 4.64. The Labute approximate surface area is 172 Å². The number of benzene rings is 2. The van der Waals surface area contributed by atoms with Crippen LogP contribution in [-0.2, 0) is 19.3 Å². The Morgan fingerprint density at radius 1 is 1.03 bits per heavy atom. The fourth-order valence-electron chi connectivity index (χ4n) is 3.78. The Kier molecular flexibility index (Phi) is 4.64. The molecule has 146 valence electrons. The molecule has 29 heavy (non-hydrogen) atoms. The van der Waals surface area contributed by atoms with Crippen molar-refractivity contribution in [3.63, 3.8) is 0 Å². The lowest BCUT2D eigenvalue weighted by Crippen LogP contribution is -2.13. The molecule has 0 atom stereocenters. The number of nitrogens with one attached hydrogen (secondary N) is 1. The number of halogens is 2. The number of rotatable bonds is 4. The Morgan fingerprint density at radius 3 is 2.69 bits per heavy atom. The molecule has 0 radical (unpaired) electrons. The zero-order valence-electron chi connectivity index (χ0n) is 15.7. The molecule has 0 saturated heterocycles. The van der Waals surface area contributed by atoms with Gasteiger partial charge in [-0.05, 0) is 61.6 Å². The number of fused-ring (bicyclic) bond motifs is 2. The predicted molar refractivity (Wildman–Crippen MR) is 111 cm³/mol. The average Bonchev–Trinajstić information content (AvgIpc) is 3.12. The smallest absolute Gasteiger partial charge is 0.254 e. The minimum absolute atomic E-state index is 0.281. The first kappa shape index (κ1) is 18.1. The monoisotopic (exact) mass is 407 g/mol. The molecular formula is C22H19ClFN5. The zero-order valence-corrected chi connectivity index (χ0v) is 16.5. The number of anilines is 2. The second-order valence-electron chi connectivity index (χ2n) is 7.27. The van der Waals surface area contributed by atoms with Crippen molar-refractivity contribution < 1.29 is 4.39 Å². The molecule has 2 heterocycles. The van der Waals surface area contributed by atoms with E-state index in [1.54, 1.807) is 10.6 Å². The van der Waals surface area contributed by atoms with Gasteiger partial charge in [0.05, 0.1) is 5.69 Å². The van der Waals surface area contributed by atoms with Gasteiger partial charge in [0.15, 0.2) is 5.82 Å². The first-order valence-electron chi connectivity index (χ1n) is 9.70. The van der Waals surface area contributed by atoms with Gasteiger partial charge in [-0.25, -0.2) is 9.37 Å². The summed E-state index contributed by atoms with van der Waals surface area (Å²) in [5.41, 5.74) is 3.94. The summed E-state index contributed by atoms with van der Waals surface area (Å²) in [5, 5.41) is 8.78. The maximum atomic E-state index is 13.7. The second-order valence-corrected chi connectivity index (χ2v) is 7.71. The van der Waals surface area contributed by atoms with Crippen molar-refractivity contribution in [2.45, 2.75) is 32.1 Å². The van der Waals surface area contributed by atoms with Gasteiger partial charge in [0, 0.05) is 22.7 Å². The number of aromatic nitrogens is 4. The standard InChI is InChI=1S/C22H19ClFN5/c23-15-10-8-14(9-11-15)12-20-27-22-26-19-7-2-1-6-18(19)21(29(22)28-20)25-17-5-3-4-16(24)13-17/h3-5,8-11,13,25H,1-2,6-7,12H2. The van der Waals surface area contributed by atoms with Crippen molar-refractivity contribution in [1.82, 2.24) is 19.6 Å². The zero-order chi connectivity index (χ0) is 19.8. The van der Waals surface area contributed by atoms with E-state index < -0.39 is 0 Å². The van der Waals surface area contributed by atoms with Crippen LogP contribution in [0.3, 0.4) is 0 Å². The normalized spacial score (nSPS) is 13.4. The van der Waals surface area contributed by atoms with Crippen LogP contribution >= 0.6 is 11.6 Å². The average molecular weight is 408 g/mol. The molecule has 1 aliphatic rings. The van der Waals surface area contributed by atoms with E-state index in [9.17, 15) is 4.39 Å². The number of nitrogens with zero attached hydrogens (tertiary/aromatic N) is 4. The highest BCUT2D eigenvalue weighted by Crippen LogP contribution is 2.30. The predicted octanol–water partition coefficient (Wildman–Crippen LogP) is 5.13. The molecule has 0 spiro atoms. The van der Waals surface area contributed by atoms with Crippen LogP contribution in [0.4, 0.5) is 15.9 Å². The molecular weight excluding hydrogens is 389 g/mol. The molecule has 4 aromatic rings. The van der Waals surface area contributed by atoms with Crippen LogP contribution in [-0.4, -0.2) is 19.6 Å². The molecule has 0 unspecified atom stereocenters. The summed E-state index contributed by atoms with van der Waals surface area (Å²) >= 11 is 5.98. The maximum Gasteiger partial charge on any atom is 0.254 e. The van der Waals surface area contributed by atoms with Gasteiger partial charge in [-0.15, -0.1) is 5.10 Å². The molecule has 2 aromatic heterocycles. The van der Waals surface area contributed by atoms with Crippen LogP contribution in [0.2, 0.25) is 5.02 Å². The summed E-state index contributed by atoms with van der Waals surface area (Å²) < 4.78 is 15.5. The van der Waals surface area contributed by atoms with Crippen molar-refractivity contribution in [1.29, 1.82) is 0 Å². The van der Waals surface area contributed by atoms with Gasteiger partial charge in [-0.3, -0.25) is 0 Å². The lowest BCUT2D eigenvalue weighted by atomic mass is 9.96. The first-order chi connectivity index (χ1) is 14.2. The van der Waals surface area contributed by atoms with E-state index in [2.05, 4.69) is 10.3 Å². The molecule has 0 amide bonds. The molecule has 7 heteroatoms. The van der Waals surface area contributed by atoms with Crippen molar-refractivity contribution in [3.8, 4) is 0 Å². The highest BCUT2D eigenvalue weighted by Gasteiger charge is 2.21. The SMILES string of the molecule is Fc1cccc(Nc2c3c(nc4nc(Cc5ccc(Cl)cc5)nn24)CCCC3)c1. The molecule has 1 N–H and O–H groups in total. The third-order valence-corrected chi connectivity index (χ3v) is 5.42. The summed E-state index contributed by atoms with van der Waals surface area (Å²) in [5.74, 6) is 1.79. The summed E-state index contributed by atoms with van der Waals surface area (Å²) in [6.45, 7) is 0. The molecule has 0 fully saturated rings. The van der Waals surface area contributed by atoms with Gasteiger partial charge in [-0.1, -0.05) is 29.8 Å². The Hall–Kier alpha value is -2.99. The van der Waals surface area contributed by atoms with Gasteiger partial charge in [0.25, 0.3) is 5.78 Å². The second kappa shape index (κ2) is 7.44.